The molecule has 2 fully saturated rings. The molecular formula is C16H20FNO3. The number of hydrogen-bond donors (Lipinski definition) is 0. The van der Waals surface area contributed by atoms with Gasteiger partial charge in [0.15, 0.2) is 17.3 Å². The summed E-state index contributed by atoms with van der Waals surface area (Å²) in [5.74, 6) is -0.256. The molecule has 1 aromatic rings. The maximum atomic E-state index is 13.5. The third-order valence-electron chi connectivity index (χ3n) is 4.69. The van der Waals surface area contributed by atoms with Crippen LogP contribution in [0.4, 0.5) is 4.39 Å². The Morgan fingerprint density at radius 1 is 1.33 bits per heavy atom. The van der Waals surface area contributed by atoms with E-state index in [2.05, 4.69) is 11.9 Å². The van der Waals surface area contributed by atoms with Crippen molar-refractivity contribution in [2.24, 2.45) is 5.92 Å². The molecule has 2 bridgehead atoms. The fourth-order valence-corrected chi connectivity index (χ4v) is 3.36. The molecule has 114 valence electrons. The van der Waals surface area contributed by atoms with Crippen LogP contribution >= 0.6 is 0 Å². The summed E-state index contributed by atoms with van der Waals surface area (Å²) in [7, 11) is 3.50. The van der Waals surface area contributed by atoms with Gasteiger partial charge in [-0.05, 0) is 38.1 Å². The highest BCUT2D eigenvalue weighted by atomic mass is 19.1. The minimum absolute atomic E-state index is 0.0183. The molecule has 0 spiro atoms. The Morgan fingerprint density at radius 3 is 2.62 bits per heavy atom. The highest BCUT2D eigenvalue weighted by Crippen LogP contribution is 2.33. The first-order valence-corrected chi connectivity index (χ1v) is 7.27. The highest BCUT2D eigenvalue weighted by Gasteiger charge is 2.39. The Balaban J connectivity index is 1.79. The van der Waals surface area contributed by atoms with Crippen molar-refractivity contribution in [3.05, 3.63) is 29.6 Å². The molecule has 5 heteroatoms. The normalized spacial score (nSPS) is 29.2. The molecule has 0 radical (unpaired) electrons. The van der Waals surface area contributed by atoms with Crippen LogP contribution in [0.5, 0.6) is 5.75 Å². The van der Waals surface area contributed by atoms with Crippen LogP contribution < -0.4 is 4.74 Å². The molecule has 0 aliphatic carbocycles. The Morgan fingerprint density at radius 2 is 2.00 bits per heavy atom. The number of likely N-dealkylation sites (N-methyl/N-ethyl adjacent to an activating group) is 1. The van der Waals surface area contributed by atoms with Crippen LogP contribution in [0.1, 0.15) is 23.2 Å². The predicted molar refractivity (Wildman–Crippen MR) is 76.2 cm³/mol. The number of carbonyl (C=O) groups excluding carboxylic acids is 1. The smallest absolute Gasteiger partial charge is 0.166 e. The molecule has 2 unspecified atom stereocenters. The number of benzene rings is 1. The van der Waals surface area contributed by atoms with Crippen LogP contribution in [0, 0.1) is 11.7 Å². The number of halogens is 1. The number of hydrogen-bond acceptors (Lipinski definition) is 4. The molecule has 2 aliphatic rings. The number of Topliss-reactive ketones (excluding diaryl/α,β-unsaturated/α-hetero) is 1. The number of ether oxygens (including phenoxy) is 2. The van der Waals surface area contributed by atoms with Crippen LogP contribution in [0.15, 0.2) is 18.2 Å². The van der Waals surface area contributed by atoms with Gasteiger partial charge in [0, 0.05) is 23.6 Å². The summed E-state index contributed by atoms with van der Waals surface area (Å²) in [5, 5.41) is 0. The second kappa shape index (κ2) is 5.73. The summed E-state index contributed by atoms with van der Waals surface area (Å²) in [5.41, 5.74) is 0.529. The van der Waals surface area contributed by atoms with Crippen molar-refractivity contribution in [3.8, 4) is 5.75 Å². The molecule has 1 aromatic carbocycles. The fraction of sp³-hybridized carbons (Fsp3) is 0.562. The number of piperidine rings is 1. The van der Waals surface area contributed by atoms with Crippen molar-refractivity contribution < 1.29 is 18.7 Å². The maximum Gasteiger partial charge on any atom is 0.166 e. The van der Waals surface area contributed by atoms with Gasteiger partial charge in [0.05, 0.1) is 20.3 Å². The van der Waals surface area contributed by atoms with Gasteiger partial charge in [0.25, 0.3) is 0 Å². The van der Waals surface area contributed by atoms with Gasteiger partial charge in [0.1, 0.15) is 0 Å². The number of methoxy groups -OCH3 is 1. The van der Waals surface area contributed by atoms with E-state index in [1.54, 1.807) is 6.07 Å². The Hall–Kier alpha value is -1.46. The number of nitrogens with zero attached hydrogens (tertiary/aromatic N) is 1. The van der Waals surface area contributed by atoms with Gasteiger partial charge in [-0.2, -0.15) is 0 Å². The first-order valence-electron chi connectivity index (χ1n) is 7.27. The van der Waals surface area contributed by atoms with Crippen LogP contribution in [0.2, 0.25) is 0 Å². The average molecular weight is 293 g/mol. The standard InChI is InChI=1S/C16H20FNO3/c1-18-12-5-11(6-13(18)9-21-8-12)16(19)10-3-4-14(17)15(7-10)20-2/h3-4,7,11-13H,5-6,8-9H2,1-2H3. The Bertz CT molecular complexity index is 534. The number of morpholine rings is 1. The third kappa shape index (κ3) is 2.68. The van der Waals surface area contributed by atoms with E-state index >= 15 is 0 Å². The van der Waals surface area contributed by atoms with Gasteiger partial charge in [-0.3, -0.25) is 9.69 Å². The maximum absolute atomic E-state index is 13.5. The minimum Gasteiger partial charge on any atom is -0.494 e. The predicted octanol–water partition coefficient (Wildman–Crippen LogP) is 2.13. The van der Waals surface area contributed by atoms with E-state index in [-0.39, 0.29) is 17.5 Å². The number of fused-ring (bicyclic) bond motifs is 2. The van der Waals surface area contributed by atoms with Gasteiger partial charge in [0.2, 0.25) is 0 Å². The van der Waals surface area contributed by atoms with Gasteiger partial charge in [-0.25, -0.2) is 4.39 Å². The van der Waals surface area contributed by atoms with Gasteiger partial charge in [-0.15, -0.1) is 0 Å². The molecule has 3 rings (SSSR count). The number of rotatable bonds is 3. The lowest BCUT2D eigenvalue weighted by Crippen LogP contribution is -2.55. The van der Waals surface area contributed by atoms with E-state index in [1.807, 2.05) is 0 Å². The largest absolute Gasteiger partial charge is 0.494 e. The van der Waals surface area contributed by atoms with E-state index in [0.717, 1.165) is 12.8 Å². The first kappa shape index (κ1) is 14.5. The molecule has 0 N–H and O–H groups in total. The number of ketones is 1. The zero-order valence-electron chi connectivity index (χ0n) is 12.3. The molecule has 2 atom stereocenters. The van der Waals surface area contributed by atoms with Crippen molar-refractivity contribution >= 4 is 5.78 Å². The van der Waals surface area contributed by atoms with Crippen LogP contribution in [-0.4, -0.2) is 50.1 Å². The molecule has 0 aromatic heterocycles. The second-order valence-electron chi connectivity index (χ2n) is 5.89. The molecule has 4 nitrogen and oxygen atoms in total. The number of carbonyl (C=O) groups is 1. The Kier molecular flexibility index (Phi) is 3.95. The van der Waals surface area contributed by atoms with E-state index in [4.69, 9.17) is 9.47 Å². The lowest BCUT2D eigenvalue weighted by Gasteiger charge is -2.46. The monoisotopic (exact) mass is 293 g/mol. The highest BCUT2D eigenvalue weighted by molar-refractivity contribution is 5.98. The van der Waals surface area contributed by atoms with Crippen molar-refractivity contribution in [1.82, 2.24) is 4.90 Å². The van der Waals surface area contributed by atoms with Gasteiger partial charge >= 0.3 is 0 Å². The summed E-state index contributed by atoms with van der Waals surface area (Å²) in [6.45, 7) is 1.37. The molecular weight excluding hydrogens is 273 g/mol. The van der Waals surface area contributed by atoms with E-state index in [0.29, 0.717) is 30.9 Å². The topological polar surface area (TPSA) is 38.8 Å². The van der Waals surface area contributed by atoms with E-state index < -0.39 is 5.82 Å². The van der Waals surface area contributed by atoms with Crippen molar-refractivity contribution in [2.45, 2.75) is 24.9 Å². The fourth-order valence-electron chi connectivity index (χ4n) is 3.36. The summed E-state index contributed by atoms with van der Waals surface area (Å²) in [6, 6.07) is 4.94. The molecule has 0 saturated carbocycles. The van der Waals surface area contributed by atoms with Crippen molar-refractivity contribution in [3.63, 3.8) is 0 Å². The molecule has 21 heavy (non-hydrogen) atoms. The zero-order chi connectivity index (χ0) is 15.0. The summed E-state index contributed by atoms with van der Waals surface area (Å²) >= 11 is 0. The molecule has 0 amide bonds. The van der Waals surface area contributed by atoms with Crippen molar-refractivity contribution in [1.29, 1.82) is 0 Å². The molecule has 2 aliphatic heterocycles. The zero-order valence-corrected chi connectivity index (χ0v) is 12.3. The van der Waals surface area contributed by atoms with Crippen LogP contribution in [-0.2, 0) is 4.74 Å². The van der Waals surface area contributed by atoms with Crippen LogP contribution in [0.25, 0.3) is 0 Å². The lowest BCUT2D eigenvalue weighted by atomic mass is 9.81. The summed E-state index contributed by atoms with van der Waals surface area (Å²) in [4.78, 5) is 15.0. The summed E-state index contributed by atoms with van der Waals surface area (Å²) in [6.07, 6.45) is 1.59. The van der Waals surface area contributed by atoms with Gasteiger partial charge in [-0.1, -0.05) is 0 Å². The lowest BCUT2D eigenvalue weighted by molar-refractivity contribution is -0.0702. The quantitative estimate of drug-likeness (QED) is 0.800. The molecule has 2 heterocycles. The van der Waals surface area contributed by atoms with E-state index in [1.165, 1.54) is 19.2 Å². The SMILES string of the molecule is COc1cc(C(=O)C2CC3COCC(C2)N3C)ccc1F. The third-order valence-corrected chi connectivity index (χ3v) is 4.69. The minimum atomic E-state index is -0.442. The molecule has 2 saturated heterocycles. The average Bonchev–Trinajstić information content (AvgIpc) is 2.47. The van der Waals surface area contributed by atoms with Gasteiger partial charge < -0.3 is 9.47 Å². The summed E-state index contributed by atoms with van der Waals surface area (Å²) < 4.78 is 24.0. The van der Waals surface area contributed by atoms with Crippen LogP contribution in [0.3, 0.4) is 0 Å². The first-order chi connectivity index (χ1) is 10.1. The second-order valence-corrected chi connectivity index (χ2v) is 5.89. The van der Waals surface area contributed by atoms with Crippen molar-refractivity contribution in [2.75, 3.05) is 27.4 Å². The Labute approximate surface area is 123 Å². The van der Waals surface area contributed by atoms with E-state index in [9.17, 15) is 9.18 Å².